The fraction of sp³-hybridized carbons (Fsp3) is 0.250. The normalized spacial score (nSPS) is 17.9. The van der Waals surface area contributed by atoms with Crippen molar-refractivity contribution in [2.24, 2.45) is 0 Å². The number of aromatic hydroxyl groups is 1. The Balaban J connectivity index is 1.56. The lowest BCUT2D eigenvalue weighted by atomic mass is 9.77. The first-order chi connectivity index (χ1) is 13.2. The molecule has 0 saturated carbocycles. The number of rotatable bonds is 3. The van der Waals surface area contributed by atoms with Crippen molar-refractivity contribution in [2.75, 3.05) is 13.6 Å². The molecule has 0 radical (unpaired) electrons. The Morgan fingerprint density at radius 2 is 1.85 bits per heavy atom. The monoisotopic (exact) mass is 357 g/mol. The zero-order chi connectivity index (χ0) is 18.4. The van der Waals surface area contributed by atoms with Crippen LogP contribution >= 0.6 is 0 Å². The summed E-state index contributed by atoms with van der Waals surface area (Å²) in [6.07, 6.45) is 2.00. The van der Waals surface area contributed by atoms with E-state index in [1.54, 1.807) is 0 Å². The summed E-state index contributed by atoms with van der Waals surface area (Å²) in [6, 6.07) is 21.0. The van der Waals surface area contributed by atoms with Gasteiger partial charge < -0.3 is 9.84 Å². The van der Waals surface area contributed by atoms with E-state index >= 15 is 0 Å². The number of phenols is 1. The zero-order valence-corrected chi connectivity index (χ0v) is 15.5. The van der Waals surface area contributed by atoms with Crippen molar-refractivity contribution in [1.82, 2.24) is 4.90 Å². The van der Waals surface area contributed by atoms with E-state index in [0.29, 0.717) is 18.4 Å². The quantitative estimate of drug-likeness (QED) is 0.736. The fourth-order valence-electron chi connectivity index (χ4n) is 4.52. The summed E-state index contributed by atoms with van der Waals surface area (Å²) in [5, 5.41) is 11.1. The number of phenolic OH excluding ortho intramolecular Hbond substituents is 1. The van der Waals surface area contributed by atoms with Gasteiger partial charge in [-0.1, -0.05) is 54.6 Å². The van der Waals surface area contributed by atoms with Gasteiger partial charge >= 0.3 is 0 Å². The van der Waals surface area contributed by atoms with Crippen LogP contribution in [0.1, 0.15) is 28.3 Å². The van der Waals surface area contributed by atoms with Gasteiger partial charge in [-0.2, -0.15) is 0 Å². The van der Waals surface area contributed by atoms with Crippen LogP contribution in [0.25, 0.3) is 11.1 Å². The number of ether oxygens (including phenoxy) is 1. The van der Waals surface area contributed by atoms with Crippen molar-refractivity contribution in [1.29, 1.82) is 0 Å². The Kier molecular flexibility index (Phi) is 3.91. The number of hydrogen-bond donors (Lipinski definition) is 1. The molecule has 136 valence electrons. The molecule has 1 N–H and O–H groups in total. The van der Waals surface area contributed by atoms with E-state index < -0.39 is 0 Å². The van der Waals surface area contributed by atoms with Crippen LogP contribution in [0, 0.1) is 0 Å². The van der Waals surface area contributed by atoms with Crippen molar-refractivity contribution < 1.29 is 9.84 Å². The third kappa shape index (κ3) is 2.70. The van der Waals surface area contributed by atoms with Crippen LogP contribution in [0.3, 0.4) is 0 Å². The lowest BCUT2D eigenvalue weighted by Crippen LogP contribution is -2.35. The van der Waals surface area contributed by atoms with E-state index in [-0.39, 0.29) is 5.75 Å². The Hall–Kier alpha value is -2.78. The van der Waals surface area contributed by atoms with E-state index in [1.165, 1.54) is 16.7 Å². The molecule has 3 aromatic rings. The van der Waals surface area contributed by atoms with Gasteiger partial charge in [-0.25, -0.2) is 0 Å². The second-order valence-electron chi connectivity index (χ2n) is 7.55. The topological polar surface area (TPSA) is 32.7 Å². The van der Waals surface area contributed by atoms with Gasteiger partial charge in [0.05, 0.1) is 0 Å². The summed E-state index contributed by atoms with van der Waals surface area (Å²) >= 11 is 0. The van der Waals surface area contributed by atoms with Gasteiger partial charge in [0.1, 0.15) is 6.61 Å². The molecule has 0 spiro atoms. The van der Waals surface area contributed by atoms with Crippen molar-refractivity contribution >= 4 is 0 Å². The summed E-state index contributed by atoms with van der Waals surface area (Å²) in [5.41, 5.74) is 7.19. The van der Waals surface area contributed by atoms with Gasteiger partial charge in [0.2, 0.25) is 0 Å². The van der Waals surface area contributed by atoms with Crippen molar-refractivity contribution in [3.63, 3.8) is 0 Å². The number of fused-ring (bicyclic) bond motifs is 2. The molecule has 0 aromatic heterocycles. The molecule has 27 heavy (non-hydrogen) atoms. The SMILES string of the molecule is CN1CCc2cccc3c2[C@H]1Cc1ccc(OCc2ccccc2)c(O)c1-3. The van der Waals surface area contributed by atoms with Gasteiger partial charge in [0.25, 0.3) is 0 Å². The van der Waals surface area contributed by atoms with E-state index in [0.717, 1.165) is 36.1 Å². The molecule has 1 heterocycles. The van der Waals surface area contributed by atoms with Crippen molar-refractivity contribution in [2.45, 2.75) is 25.5 Å². The average Bonchev–Trinajstić information content (AvgIpc) is 2.71. The molecule has 0 amide bonds. The lowest BCUT2D eigenvalue weighted by molar-refractivity contribution is 0.227. The molecule has 2 aliphatic rings. The van der Waals surface area contributed by atoms with Gasteiger partial charge in [0.15, 0.2) is 11.5 Å². The smallest absolute Gasteiger partial charge is 0.165 e. The van der Waals surface area contributed by atoms with E-state index in [1.807, 2.05) is 36.4 Å². The lowest BCUT2D eigenvalue weighted by Gasteiger charge is -2.40. The number of likely N-dealkylation sites (N-methyl/N-ethyl adjacent to an activating group) is 1. The molecule has 3 nitrogen and oxygen atoms in total. The Bertz CT molecular complexity index is 997. The molecule has 0 saturated heterocycles. The molecule has 5 rings (SSSR count). The van der Waals surface area contributed by atoms with Gasteiger partial charge in [-0.3, -0.25) is 4.90 Å². The average molecular weight is 357 g/mol. The zero-order valence-electron chi connectivity index (χ0n) is 15.5. The van der Waals surface area contributed by atoms with Crippen LogP contribution in [0.15, 0.2) is 60.7 Å². The minimum Gasteiger partial charge on any atom is -0.504 e. The standard InChI is InChI=1S/C24H23NO2/c1-25-13-12-17-8-5-9-19-22(17)20(25)14-18-10-11-21(24(26)23(18)19)27-15-16-6-3-2-4-7-16/h2-11,20,26H,12-15H2,1H3/t20-/m1/s1. The Morgan fingerprint density at radius 1 is 1.00 bits per heavy atom. The van der Waals surface area contributed by atoms with Crippen LogP contribution in [-0.2, 0) is 19.4 Å². The summed E-state index contributed by atoms with van der Waals surface area (Å²) in [7, 11) is 2.20. The molecular formula is C24H23NO2. The molecule has 1 atom stereocenters. The summed E-state index contributed by atoms with van der Waals surface area (Å²) in [6.45, 7) is 1.53. The van der Waals surface area contributed by atoms with Crippen LogP contribution in [0.5, 0.6) is 11.5 Å². The number of nitrogens with zero attached hydrogens (tertiary/aromatic N) is 1. The van der Waals surface area contributed by atoms with E-state index in [2.05, 4.69) is 36.2 Å². The Labute approximate surface area is 159 Å². The fourth-order valence-corrected chi connectivity index (χ4v) is 4.52. The van der Waals surface area contributed by atoms with Crippen molar-refractivity contribution in [3.05, 3.63) is 82.9 Å². The molecule has 0 fully saturated rings. The van der Waals surface area contributed by atoms with Crippen LogP contribution in [0.2, 0.25) is 0 Å². The summed E-state index contributed by atoms with van der Waals surface area (Å²) < 4.78 is 5.96. The predicted molar refractivity (Wildman–Crippen MR) is 107 cm³/mol. The van der Waals surface area contributed by atoms with Crippen LogP contribution in [0.4, 0.5) is 0 Å². The number of hydrogen-bond acceptors (Lipinski definition) is 3. The molecule has 3 heteroatoms. The highest BCUT2D eigenvalue weighted by Gasteiger charge is 2.34. The van der Waals surface area contributed by atoms with Crippen LogP contribution < -0.4 is 4.74 Å². The third-order valence-corrected chi connectivity index (χ3v) is 5.94. The molecular weight excluding hydrogens is 334 g/mol. The van der Waals surface area contributed by atoms with Gasteiger partial charge in [-0.15, -0.1) is 0 Å². The molecule has 1 aliphatic heterocycles. The van der Waals surface area contributed by atoms with E-state index in [9.17, 15) is 5.11 Å². The van der Waals surface area contributed by atoms with Gasteiger partial charge in [0, 0.05) is 18.2 Å². The maximum Gasteiger partial charge on any atom is 0.165 e. The Morgan fingerprint density at radius 3 is 2.70 bits per heavy atom. The second kappa shape index (κ2) is 6.43. The van der Waals surface area contributed by atoms with E-state index in [4.69, 9.17) is 4.74 Å². The minimum absolute atomic E-state index is 0.267. The highest BCUT2D eigenvalue weighted by atomic mass is 16.5. The maximum atomic E-state index is 11.1. The van der Waals surface area contributed by atoms with Crippen LogP contribution in [-0.4, -0.2) is 23.6 Å². The first-order valence-electron chi connectivity index (χ1n) is 9.56. The molecule has 3 aromatic carbocycles. The number of benzene rings is 3. The first-order valence-corrected chi connectivity index (χ1v) is 9.56. The molecule has 0 bridgehead atoms. The highest BCUT2D eigenvalue weighted by Crippen LogP contribution is 2.50. The van der Waals surface area contributed by atoms with Gasteiger partial charge in [-0.05, 0) is 53.8 Å². The van der Waals surface area contributed by atoms with Crippen molar-refractivity contribution in [3.8, 4) is 22.6 Å². The largest absolute Gasteiger partial charge is 0.504 e. The third-order valence-electron chi connectivity index (χ3n) is 5.94. The second-order valence-corrected chi connectivity index (χ2v) is 7.55. The highest BCUT2D eigenvalue weighted by molar-refractivity contribution is 5.82. The molecule has 1 aliphatic carbocycles. The minimum atomic E-state index is 0.267. The predicted octanol–water partition coefficient (Wildman–Crippen LogP) is 4.72. The first kappa shape index (κ1) is 16.4. The molecule has 0 unspecified atom stereocenters. The maximum absolute atomic E-state index is 11.1. The summed E-state index contributed by atoms with van der Waals surface area (Å²) in [4.78, 5) is 2.44. The summed E-state index contributed by atoms with van der Waals surface area (Å²) in [5.74, 6) is 0.821.